The van der Waals surface area contributed by atoms with E-state index in [9.17, 15) is 5.11 Å². The van der Waals surface area contributed by atoms with Gasteiger partial charge in [0, 0.05) is 0 Å². The minimum atomic E-state index is -2.67. The van der Waals surface area contributed by atoms with Crippen LogP contribution in [-0.2, 0) is 6.42 Å². The molecule has 0 saturated carbocycles. The number of benzene rings is 4. The average molecular weight is 421 g/mol. The highest BCUT2D eigenvalue weighted by atomic mass is 28.3. The second kappa shape index (κ2) is 9.74. The zero-order valence-electron chi connectivity index (χ0n) is 17.7. The fourth-order valence-electron chi connectivity index (χ4n) is 4.49. The zero-order chi connectivity index (χ0) is 21.5. The Hall–Kier alpha value is -3.20. The molecule has 0 bridgehead atoms. The van der Waals surface area contributed by atoms with Gasteiger partial charge >= 0.3 is 0 Å². The van der Waals surface area contributed by atoms with Gasteiger partial charge in [-0.05, 0) is 39.2 Å². The second-order valence-electron chi connectivity index (χ2n) is 7.91. The fraction of sp³-hybridized carbons (Fsp3) is 0.103. The lowest BCUT2D eigenvalue weighted by Crippen LogP contribution is -2.70. The Morgan fingerprint density at radius 3 is 1.35 bits per heavy atom. The molecule has 31 heavy (non-hydrogen) atoms. The first kappa shape index (κ1) is 21.0. The third kappa shape index (κ3) is 4.31. The summed E-state index contributed by atoms with van der Waals surface area (Å²) >= 11 is 0. The molecule has 4 aromatic carbocycles. The van der Waals surface area contributed by atoms with Crippen molar-refractivity contribution in [3.05, 3.63) is 139 Å². The summed E-state index contributed by atoms with van der Waals surface area (Å²) in [4.78, 5) is 0. The van der Waals surface area contributed by atoms with E-state index >= 15 is 0 Å². The molecule has 0 fully saturated rings. The molecule has 0 aliphatic rings. The van der Waals surface area contributed by atoms with Crippen molar-refractivity contribution in [2.24, 2.45) is 0 Å². The zero-order valence-corrected chi connectivity index (χ0v) is 18.7. The number of aliphatic hydroxyl groups is 1. The summed E-state index contributed by atoms with van der Waals surface area (Å²) in [6, 6.07) is 42.2. The van der Waals surface area contributed by atoms with Crippen molar-refractivity contribution < 1.29 is 5.11 Å². The molecule has 4 rings (SSSR count). The van der Waals surface area contributed by atoms with Crippen LogP contribution < -0.4 is 15.6 Å². The molecule has 1 unspecified atom stereocenters. The molecule has 0 amide bonds. The smallest absolute Gasteiger partial charge is 0.177 e. The molecule has 0 spiro atoms. The van der Waals surface area contributed by atoms with Crippen LogP contribution in [0.5, 0.6) is 0 Å². The summed E-state index contributed by atoms with van der Waals surface area (Å²) in [5.41, 5.74) is 1.24. The Morgan fingerprint density at radius 1 is 0.613 bits per heavy atom. The normalized spacial score (nSPS) is 12.3. The number of hydrogen-bond acceptors (Lipinski definition) is 1. The first-order valence-corrected chi connectivity index (χ1v) is 12.8. The minimum absolute atomic E-state index is 0.590. The molecular formula is C29H28OSi. The van der Waals surface area contributed by atoms with E-state index < -0.39 is 14.2 Å². The van der Waals surface area contributed by atoms with Crippen molar-refractivity contribution in [2.75, 3.05) is 0 Å². The molecule has 0 saturated heterocycles. The number of rotatable bonds is 8. The molecule has 0 aliphatic carbocycles. The molecular weight excluding hydrogens is 392 g/mol. The van der Waals surface area contributed by atoms with Gasteiger partial charge in [-0.2, -0.15) is 0 Å². The van der Waals surface area contributed by atoms with Gasteiger partial charge in [-0.25, -0.2) is 0 Å². The maximum atomic E-state index is 11.4. The quantitative estimate of drug-likeness (QED) is 0.334. The summed E-state index contributed by atoms with van der Waals surface area (Å²) < 4.78 is 0. The minimum Gasteiger partial charge on any atom is -0.389 e. The van der Waals surface area contributed by atoms with E-state index in [2.05, 4.69) is 91.5 Å². The lowest BCUT2D eigenvalue weighted by atomic mass is 10.1. The molecule has 2 heteroatoms. The molecule has 0 aromatic heterocycles. The fourth-order valence-corrected chi connectivity index (χ4v) is 9.33. The van der Waals surface area contributed by atoms with Crippen LogP contribution in [0.1, 0.15) is 12.0 Å². The molecule has 0 radical (unpaired) electrons. The van der Waals surface area contributed by atoms with Crippen molar-refractivity contribution in [1.29, 1.82) is 0 Å². The number of aliphatic hydroxyl groups excluding tert-OH is 1. The van der Waals surface area contributed by atoms with Crippen LogP contribution in [0.2, 0.25) is 0 Å². The predicted octanol–water partition coefficient (Wildman–Crippen LogP) is 4.25. The number of hydrogen-bond donors (Lipinski definition) is 1. The van der Waals surface area contributed by atoms with E-state index in [1.54, 1.807) is 0 Å². The summed E-state index contributed by atoms with van der Waals surface area (Å²) in [5, 5.41) is 16.1. The monoisotopic (exact) mass is 420 g/mol. The van der Waals surface area contributed by atoms with Crippen molar-refractivity contribution in [2.45, 2.75) is 18.9 Å². The first-order valence-electron chi connectivity index (χ1n) is 10.8. The maximum absolute atomic E-state index is 11.4. The summed E-state index contributed by atoms with van der Waals surface area (Å²) in [5.74, 6) is 0. The molecule has 4 aromatic rings. The van der Waals surface area contributed by atoms with Crippen molar-refractivity contribution in [3.8, 4) is 0 Å². The summed E-state index contributed by atoms with van der Waals surface area (Å²) in [6.45, 7) is 4.58. The topological polar surface area (TPSA) is 20.2 Å². The van der Waals surface area contributed by atoms with E-state index in [1.807, 2.05) is 36.4 Å². The lowest BCUT2D eigenvalue weighted by molar-refractivity contribution is 0.208. The van der Waals surface area contributed by atoms with Gasteiger partial charge in [0.2, 0.25) is 0 Å². The highest BCUT2D eigenvalue weighted by Gasteiger charge is 2.44. The second-order valence-corrected chi connectivity index (χ2v) is 11.8. The molecule has 154 valence electrons. The van der Waals surface area contributed by atoms with Gasteiger partial charge in [0.1, 0.15) is 0 Å². The van der Waals surface area contributed by atoms with Crippen LogP contribution in [0.15, 0.2) is 133 Å². The Labute approximate surface area is 186 Å². The van der Waals surface area contributed by atoms with Crippen LogP contribution in [-0.4, -0.2) is 19.3 Å². The third-order valence-electron chi connectivity index (χ3n) is 6.05. The van der Waals surface area contributed by atoms with Crippen LogP contribution in [0.4, 0.5) is 0 Å². The molecule has 0 heterocycles. The van der Waals surface area contributed by atoms with Gasteiger partial charge in [-0.1, -0.05) is 121 Å². The Morgan fingerprint density at radius 2 is 0.968 bits per heavy atom. The average Bonchev–Trinajstić information content (AvgIpc) is 2.85. The van der Waals surface area contributed by atoms with E-state index in [1.165, 1.54) is 21.1 Å². The summed E-state index contributed by atoms with van der Waals surface area (Å²) in [6.07, 6.45) is 0.890. The maximum Gasteiger partial charge on any atom is 0.177 e. The molecule has 0 aliphatic heterocycles. The van der Waals surface area contributed by atoms with E-state index in [-0.39, 0.29) is 0 Å². The van der Waals surface area contributed by atoms with Crippen LogP contribution >= 0.6 is 0 Å². The van der Waals surface area contributed by atoms with E-state index in [0.29, 0.717) is 6.42 Å². The largest absolute Gasteiger partial charge is 0.389 e. The van der Waals surface area contributed by atoms with Crippen LogP contribution in [0, 0.1) is 0 Å². The van der Waals surface area contributed by atoms with Gasteiger partial charge < -0.3 is 5.11 Å². The van der Waals surface area contributed by atoms with Gasteiger partial charge in [-0.15, -0.1) is 6.58 Å². The highest BCUT2D eigenvalue weighted by Crippen LogP contribution is 2.22. The van der Waals surface area contributed by atoms with Crippen LogP contribution in [0.3, 0.4) is 0 Å². The van der Waals surface area contributed by atoms with Gasteiger partial charge in [-0.3, -0.25) is 0 Å². The molecule has 1 N–H and O–H groups in total. The summed E-state index contributed by atoms with van der Waals surface area (Å²) in [7, 11) is -2.67. The van der Waals surface area contributed by atoms with Gasteiger partial charge in [0.25, 0.3) is 0 Å². The van der Waals surface area contributed by atoms with Gasteiger partial charge in [0.15, 0.2) is 8.07 Å². The third-order valence-corrected chi connectivity index (χ3v) is 10.9. The van der Waals surface area contributed by atoms with E-state index in [4.69, 9.17) is 0 Å². The highest BCUT2D eigenvalue weighted by molar-refractivity contribution is 7.16. The Kier molecular flexibility index (Phi) is 6.61. The molecule has 1 nitrogen and oxygen atoms in total. The molecule has 1 atom stereocenters. The van der Waals surface area contributed by atoms with Crippen molar-refractivity contribution >= 4 is 23.6 Å². The SMILES string of the molecule is C=C(C(O)CCc1ccccc1)[Si](c1ccccc1)(c1ccccc1)c1ccccc1. The first-order chi connectivity index (χ1) is 15.2. The number of aryl methyl sites for hydroxylation is 1. The lowest BCUT2D eigenvalue weighted by Gasteiger charge is -2.37. The Bertz CT molecular complexity index is 996. The van der Waals surface area contributed by atoms with E-state index in [0.717, 1.165) is 11.6 Å². The van der Waals surface area contributed by atoms with Gasteiger partial charge in [0.05, 0.1) is 6.10 Å². The predicted molar refractivity (Wildman–Crippen MR) is 134 cm³/mol. The Balaban J connectivity index is 1.82. The van der Waals surface area contributed by atoms with Crippen molar-refractivity contribution in [3.63, 3.8) is 0 Å². The van der Waals surface area contributed by atoms with Crippen LogP contribution in [0.25, 0.3) is 0 Å². The standard InChI is InChI=1S/C29H28OSi/c1-24(29(30)23-22-25-14-6-2-7-15-25)31(26-16-8-3-9-17-26,27-18-10-4-11-19-27)28-20-12-5-13-21-28/h2-21,29-30H,1,22-23H2. The van der Waals surface area contributed by atoms with Crippen molar-refractivity contribution in [1.82, 2.24) is 0 Å².